The van der Waals surface area contributed by atoms with Gasteiger partial charge in [0.1, 0.15) is 5.58 Å². The minimum Gasteiger partial charge on any atom is -0.437 e. The molecule has 4 aromatic rings. The zero-order valence-corrected chi connectivity index (χ0v) is 17.3. The Labute approximate surface area is 175 Å². The van der Waals surface area contributed by atoms with Gasteiger partial charge in [0.25, 0.3) is 0 Å². The smallest absolute Gasteiger partial charge is 0.227 e. The summed E-state index contributed by atoms with van der Waals surface area (Å²) in [6.45, 7) is 6.32. The zero-order valence-electron chi connectivity index (χ0n) is 19.3. The van der Waals surface area contributed by atoms with Crippen LogP contribution in [0.5, 0.6) is 0 Å². The molecule has 0 N–H and O–H groups in total. The largest absolute Gasteiger partial charge is 0.437 e. The lowest BCUT2D eigenvalue weighted by atomic mass is 9.69. The van der Waals surface area contributed by atoms with Gasteiger partial charge in [0, 0.05) is 31.0 Å². The predicted molar refractivity (Wildman–Crippen MR) is 119 cm³/mol. The minimum atomic E-state index is -1.43. The molecule has 1 saturated carbocycles. The highest BCUT2D eigenvalue weighted by Crippen LogP contribution is 2.41. The summed E-state index contributed by atoms with van der Waals surface area (Å²) in [7, 11) is 0. The van der Waals surface area contributed by atoms with Gasteiger partial charge in [0.05, 0.1) is 5.69 Å². The molecule has 3 heterocycles. The van der Waals surface area contributed by atoms with E-state index in [1.165, 1.54) is 0 Å². The van der Waals surface area contributed by atoms with E-state index in [0.717, 1.165) is 59.0 Å². The van der Waals surface area contributed by atoms with Gasteiger partial charge in [-0.1, -0.05) is 38.8 Å². The maximum absolute atomic E-state index is 9.06. The van der Waals surface area contributed by atoms with E-state index < -0.39 is 6.37 Å². The second-order valence-corrected chi connectivity index (χ2v) is 8.89. The van der Waals surface area contributed by atoms with E-state index >= 15 is 0 Å². The van der Waals surface area contributed by atoms with Crippen LogP contribution in [0.15, 0.2) is 53.1 Å². The van der Waals surface area contributed by atoms with Crippen LogP contribution in [-0.2, 0) is 6.37 Å². The Hall–Kier alpha value is -2.68. The van der Waals surface area contributed by atoms with Gasteiger partial charge in [-0.15, -0.1) is 0 Å². The third-order valence-electron chi connectivity index (χ3n) is 6.36. The van der Waals surface area contributed by atoms with Crippen molar-refractivity contribution in [1.29, 1.82) is 0 Å². The highest BCUT2D eigenvalue weighted by Gasteiger charge is 2.29. The predicted octanol–water partition coefficient (Wildman–Crippen LogP) is 7.11. The van der Waals surface area contributed by atoms with Crippen molar-refractivity contribution < 1.29 is 7.16 Å². The van der Waals surface area contributed by atoms with Crippen molar-refractivity contribution in [3.05, 3.63) is 59.9 Å². The molecule has 5 rings (SSSR count). The molecule has 0 atom stereocenters. The van der Waals surface area contributed by atoms with E-state index in [1.54, 1.807) is 6.20 Å². The second kappa shape index (κ2) is 6.98. The zero-order chi connectivity index (χ0) is 21.8. The van der Waals surface area contributed by atoms with Crippen molar-refractivity contribution in [3.8, 4) is 11.3 Å². The molecule has 3 nitrogen and oxygen atoms in total. The summed E-state index contributed by atoms with van der Waals surface area (Å²) < 4.78 is 24.3. The van der Waals surface area contributed by atoms with Crippen molar-refractivity contribution in [1.82, 2.24) is 9.97 Å². The van der Waals surface area contributed by atoms with E-state index in [0.29, 0.717) is 17.2 Å². The van der Waals surface area contributed by atoms with Crippen LogP contribution in [0.4, 0.5) is 0 Å². The van der Waals surface area contributed by atoms with Crippen LogP contribution >= 0.6 is 0 Å². The minimum absolute atomic E-state index is 0.370. The number of furan rings is 1. The van der Waals surface area contributed by atoms with Crippen molar-refractivity contribution >= 4 is 22.1 Å². The number of hydrogen-bond acceptors (Lipinski definition) is 3. The summed E-state index contributed by atoms with van der Waals surface area (Å²) in [5, 5.41) is 1.99. The van der Waals surface area contributed by atoms with Crippen molar-refractivity contribution in [2.45, 2.75) is 52.8 Å². The highest BCUT2D eigenvalue weighted by molar-refractivity contribution is 6.08. The summed E-state index contributed by atoms with van der Waals surface area (Å²) in [5.74, 6) is 0.680. The van der Waals surface area contributed by atoms with Gasteiger partial charge in [-0.05, 0) is 73.4 Å². The normalized spacial score (nSPS) is 23.9. The Morgan fingerprint density at radius 3 is 2.79 bits per heavy atom. The molecule has 29 heavy (non-hydrogen) atoms. The van der Waals surface area contributed by atoms with E-state index in [4.69, 9.17) is 7.16 Å². The van der Waals surface area contributed by atoms with Gasteiger partial charge in [0.15, 0.2) is 0 Å². The van der Waals surface area contributed by atoms with Crippen LogP contribution in [0.3, 0.4) is 0 Å². The Kier molecular flexibility index (Phi) is 3.89. The van der Waals surface area contributed by atoms with Crippen LogP contribution in [0.25, 0.3) is 33.3 Å². The Morgan fingerprint density at radius 1 is 1.14 bits per heavy atom. The number of aryl methyl sites for hydroxylation is 1. The first-order valence-corrected chi connectivity index (χ1v) is 10.5. The lowest BCUT2D eigenvalue weighted by Crippen LogP contribution is -2.25. The molecule has 1 aliphatic carbocycles. The quantitative estimate of drug-likeness (QED) is 0.376. The number of fused-ring (bicyclic) bond motifs is 3. The Balaban J connectivity index is 1.61. The standard InChI is InChI=1S/C26H28N2O/c1-17-9-12-26(3,13-10-17)16-19-11-14-27-23(15-19)22-6-4-5-20-21-8-7-18(2)28-25(21)29-24(20)22/h4-8,11,14-15,17H,9-10,12-13,16H2,1-3H3/i16D2. The molecule has 0 radical (unpaired) electrons. The number of benzene rings is 1. The topological polar surface area (TPSA) is 38.9 Å². The second-order valence-electron chi connectivity index (χ2n) is 8.89. The van der Waals surface area contributed by atoms with Crippen LogP contribution in [0.2, 0.25) is 0 Å². The number of aromatic nitrogens is 2. The number of rotatable bonds is 3. The fourth-order valence-electron chi connectivity index (χ4n) is 4.50. The van der Waals surface area contributed by atoms with Crippen molar-refractivity contribution in [3.63, 3.8) is 0 Å². The fourth-order valence-corrected chi connectivity index (χ4v) is 4.50. The third-order valence-corrected chi connectivity index (χ3v) is 6.36. The van der Waals surface area contributed by atoms with E-state index in [-0.39, 0.29) is 5.41 Å². The molecule has 0 bridgehead atoms. The molecule has 0 unspecified atom stereocenters. The van der Waals surface area contributed by atoms with Crippen LogP contribution in [-0.4, -0.2) is 9.97 Å². The van der Waals surface area contributed by atoms with Gasteiger partial charge in [-0.3, -0.25) is 4.98 Å². The molecule has 148 valence electrons. The molecule has 1 fully saturated rings. The van der Waals surface area contributed by atoms with Gasteiger partial charge >= 0.3 is 0 Å². The lowest BCUT2D eigenvalue weighted by molar-refractivity contribution is 0.177. The molecule has 0 amide bonds. The molecule has 1 aliphatic rings. The lowest BCUT2D eigenvalue weighted by Gasteiger charge is -2.36. The first-order valence-electron chi connectivity index (χ1n) is 11.5. The number of para-hydroxylation sites is 1. The highest BCUT2D eigenvalue weighted by atomic mass is 16.3. The van der Waals surface area contributed by atoms with Crippen molar-refractivity contribution in [2.24, 2.45) is 11.3 Å². The first kappa shape index (κ1) is 16.2. The van der Waals surface area contributed by atoms with E-state index in [9.17, 15) is 0 Å². The molecule has 3 aromatic heterocycles. The van der Waals surface area contributed by atoms with Gasteiger partial charge in [-0.2, -0.15) is 0 Å². The number of pyridine rings is 2. The molecular weight excluding hydrogens is 356 g/mol. The number of nitrogens with zero attached hydrogens (tertiary/aromatic N) is 2. The van der Waals surface area contributed by atoms with Crippen LogP contribution in [0.1, 0.15) is 53.5 Å². The summed E-state index contributed by atoms with van der Waals surface area (Å²) in [6.07, 6.45) is 4.27. The molecule has 0 spiro atoms. The molecule has 1 aromatic carbocycles. The summed E-state index contributed by atoms with van der Waals surface area (Å²) >= 11 is 0. The maximum atomic E-state index is 9.06. The monoisotopic (exact) mass is 386 g/mol. The van der Waals surface area contributed by atoms with Crippen LogP contribution in [0, 0.1) is 18.3 Å². The van der Waals surface area contributed by atoms with E-state index in [2.05, 4.69) is 23.8 Å². The average molecular weight is 387 g/mol. The van der Waals surface area contributed by atoms with Crippen LogP contribution < -0.4 is 0 Å². The average Bonchev–Trinajstić information content (AvgIpc) is 3.13. The maximum Gasteiger partial charge on any atom is 0.227 e. The summed E-state index contributed by atoms with van der Waals surface area (Å²) in [6, 6.07) is 13.8. The first-order chi connectivity index (χ1) is 14.8. The molecule has 3 heteroatoms. The Morgan fingerprint density at radius 2 is 1.97 bits per heavy atom. The number of hydrogen-bond donors (Lipinski definition) is 0. The Bertz CT molecular complexity index is 1270. The van der Waals surface area contributed by atoms with Gasteiger partial charge < -0.3 is 4.42 Å². The third kappa shape index (κ3) is 3.43. The van der Waals surface area contributed by atoms with Gasteiger partial charge in [0.2, 0.25) is 5.71 Å². The molecular formula is C26H28N2O. The van der Waals surface area contributed by atoms with E-state index in [1.807, 2.05) is 49.4 Å². The molecule has 0 aliphatic heterocycles. The fraction of sp³-hybridized carbons (Fsp3) is 0.385. The summed E-state index contributed by atoms with van der Waals surface area (Å²) in [4.78, 5) is 9.13. The SMILES string of the molecule is [2H]C([2H])(c1ccnc(-c2cccc3c2oc2nc(C)ccc23)c1)C1(C)CCC(C)CC1. The van der Waals surface area contributed by atoms with Gasteiger partial charge in [-0.25, -0.2) is 4.98 Å². The molecule has 0 saturated heterocycles. The van der Waals surface area contributed by atoms with Crippen molar-refractivity contribution in [2.75, 3.05) is 0 Å². The summed E-state index contributed by atoms with van der Waals surface area (Å²) in [5.41, 5.74) is 4.21.